The minimum atomic E-state index is 0.0141. The van der Waals surface area contributed by atoms with Crippen LogP contribution in [0.2, 0.25) is 5.02 Å². The SMILES string of the molecule is CCCCC[C@@H](N)c1cc(Cl)ccc1OC. The third-order valence-electron chi connectivity index (χ3n) is 2.71. The van der Waals surface area contributed by atoms with E-state index in [0.29, 0.717) is 5.02 Å². The molecule has 0 aromatic heterocycles. The molecular formula is C13H20ClNO. The number of hydrogen-bond acceptors (Lipinski definition) is 2. The Labute approximate surface area is 103 Å². The van der Waals surface area contributed by atoms with Crippen LogP contribution in [0.4, 0.5) is 0 Å². The Balaban J connectivity index is 2.72. The second-order valence-corrected chi connectivity index (χ2v) is 4.42. The molecule has 0 aliphatic rings. The highest BCUT2D eigenvalue weighted by Crippen LogP contribution is 2.29. The van der Waals surface area contributed by atoms with Crippen LogP contribution in [0.25, 0.3) is 0 Å². The number of benzene rings is 1. The summed E-state index contributed by atoms with van der Waals surface area (Å²) in [6.45, 7) is 2.19. The van der Waals surface area contributed by atoms with Gasteiger partial charge < -0.3 is 10.5 Å². The molecule has 0 spiro atoms. The zero-order valence-electron chi connectivity index (χ0n) is 10.0. The Morgan fingerprint density at radius 1 is 1.38 bits per heavy atom. The van der Waals surface area contributed by atoms with Crippen LogP contribution in [0.1, 0.15) is 44.2 Å². The maximum Gasteiger partial charge on any atom is 0.123 e. The lowest BCUT2D eigenvalue weighted by Gasteiger charge is -2.15. The Kier molecular flexibility index (Phi) is 5.64. The number of unbranched alkanes of at least 4 members (excludes halogenated alkanes) is 2. The molecule has 0 heterocycles. The summed E-state index contributed by atoms with van der Waals surface area (Å²) in [4.78, 5) is 0. The van der Waals surface area contributed by atoms with Crippen LogP contribution in [0.5, 0.6) is 5.75 Å². The van der Waals surface area contributed by atoms with Crippen molar-refractivity contribution in [3.05, 3.63) is 28.8 Å². The first-order chi connectivity index (χ1) is 7.69. The topological polar surface area (TPSA) is 35.2 Å². The lowest BCUT2D eigenvalue weighted by molar-refractivity contribution is 0.403. The molecule has 0 unspecified atom stereocenters. The molecule has 0 aliphatic carbocycles. The molecule has 0 amide bonds. The summed E-state index contributed by atoms with van der Waals surface area (Å²) in [5.41, 5.74) is 7.15. The molecular weight excluding hydrogens is 222 g/mol. The van der Waals surface area contributed by atoms with Crippen LogP contribution < -0.4 is 10.5 Å². The fourth-order valence-electron chi connectivity index (χ4n) is 1.76. The summed E-state index contributed by atoms with van der Waals surface area (Å²) in [6.07, 6.45) is 4.55. The van der Waals surface area contributed by atoms with E-state index >= 15 is 0 Å². The Hall–Kier alpha value is -0.730. The van der Waals surface area contributed by atoms with Crippen molar-refractivity contribution in [2.45, 2.75) is 38.6 Å². The van der Waals surface area contributed by atoms with Gasteiger partial charge in [-0.3, -0.25) is 0 Å². The van der Waals surface area contributed by atoms with Gasteiger partial charge in [0.15, 0.2) is 0 Å². The van der Waals surface area contributed by atoms with E-state index in [-0.39, 0.29) is 6.04 Å². The van der Waals surface area contributed by atoms with Gasteiger partial charge in [0, 0.05) is 16.6 Å². The van der Waals surface area contributed by atoms with E-state index in [0.717, 1.165) is 24.2 Å². The lowest BCUT2D eigenvalue weighted by Crippen LogP contribution is -2.11. The van der Waals surface area contributed by atoms with Crippen LogP contribution in [0.15, 0.2) is 18.2 Å². The van der Waals surface area contributed by atoms with Crippen LogP contribution >= 0.6 is 11.6 Å². The van der Waals surface area contributed by atoms with Gasteiger partial charge in [0.25, 0.3) is 0 Å². The van der Waals surface area contributed by atoms with Gasteiger partial charge in [-0.15, -0.1) is 0 Å². The number of rotatable bonds is 6. The number of halogens is 1. The number of methoxy groups -OCH3 is 1. The monoisotopic (exact) mass is 241 g/mol. The second-order valence-electron chi connectivity index (χ2n) is 3.99. The Morgan fingerprint density at radius 2 is 2.12 bits per heavy atom. The van der Waals surface area contributed by atoms with Crippen LogP contribution in [-0.2, 0) is 0 Å². The minimum Gasteiger partial charge on any atom is -0.496 e. The van der Waals surface area contributed by atoms with Crippen molar-refractivity contribution in [3.8, 4) is 5.75 Å². The molecule has 1 aromatic carbocycles. The van der Waals surface area contributed by atoms with E-state index in [1.54, 1.807) is 7.11 Å². The Morgan fingerprint density at radius 3 is 2.75 bits per heavy atom. The van der Waals surface area contributed by atoms with Crippen molar-refractivity contribution in [3.63, 3.8) is 0 Å². The summed E-state index contributed by atoms with van der Waals surface area (Å²) in [5, 5.41) is 0.710. The summed E-state index contributed by atoms with van der Waals surface area (Å²) < 4.78 is 5.29. The van der Waals surface area contributed by atoms with Gasteiger partial charge in [-0.25, -0.2) is 0 Å². The molecule has 90 valence electrons. The standard InChI is InChI=1S/C13H20ClNO/c1-3-4-5-6-12(15)11-9-10(14)7-8-13(11)16-2/h7-9,12H,3-6,15H2,1-2H3/t12-/m1/s1. The molecule has 1 aromatic rings. The number of nitrogens with two attached hydrogens (primary N) is 1. The van der Waals surface area contributed by atoms with E-state index < -0.39 is 0 Å². The number of hydrogen-bond donors (Lipinski definition) is 1. The molecule has 0 aliphatic heterocycles. The van der Waals surface area contributed by atoms with E-state index in [9.17, 15) is 0 Å². The highest BCUT2D eigenvalue weighted by molar-refractivity contribution is 6.30. The molecule has 0 radical (unpaired) electrons. The van der Waals surface area contributed by atoms with Crippen molar-refractivity contribution in [2.24, 2.45) is 5.73 Å². The molecule has 0 saturated heterocycles. The molecule has 2 N–H and O–H groups in total. The van der Waals surface area contributed by atoms with Gasteiger partial charge in [-0.2, -0.15) is 0 Å². The molecule has 1 atom stereocenters. The predicted octanol–water partition coefficient (Wildman–Crippen LogP) is 3.93. The van der Waals surface area contributed by atoms with Gasteiger partial charge in [-0.1, -0.05) is 37.8 Å². The summed E-state index contributed by atoms with van der Waals surface area (Å²) in [6, 6.07) is 5.61. The summed E-state index contributed by atoms with van der Waals surface area (Å²) in [7, 11) is 1.66. The summed E-state index contributed by atoms with van der Waals surface area (Å²) in [5.74, 6) is 0.827. The van der Waals surface area contributed by atoms with Crippen molar-refractivity contribution in [1.82, 2.24) is 0 Å². The smallest absolute Gasteiger partial charge is 0.123 e. The first-order valence-corrected chi connectivity index (χ1v) is 6.15. The predicted molar refractivity (Wildman–Crippen MR) is 69.1 cm³/mol. The van der Waals surface area contributed by atoms with Crippen molar-refractivity contribution >= 4 is 11.6 Å². The highest BCUT2D eigenvalue weighted by atomic mass is 35.5. The average Bonchev–Trinajstić information content (AvgIpc) is 2.29. The first kappa shape index (κ1) is 13.3. The quantitative estimate of drug-likeness (QED) is 0.766. The van der Waals surface area contributed by atoms with Gasteiger partial charge in [0.2, 0.25) is 0 Å². The number of ether oxygens (including phenoxy) is 1. The fraction of sp³-hybridized carbons (Fsp3) is 0.538. The average molecular weight is 242 g/mol. The molecule has 0 fully saturated rings. The van der Waals surface area contributed by atoms with Crippen molar-refractivity contribution in [1.29, 1.82) is 0 Å². The second kappa shape index (κ2) is 6.77. The molecule has 0 saturated carbocycles. The molecule has 1 rings (SSSR count). The third-order valence-corrected chi connectivity index (χ3v) is 2.94. The van der Waals surface area contributed by atoms with E-state index in [4.69, 9.17) is 22.1 Å². The third kappa shape index (κ3) is 3.69. The van der Waals surface area contributed by atoms with Crippen molar-refractivity contribution < 1.29 is 4.74 Å². The van der Waals surface area contributed by atoms with Crippen LogP contribution in [-0.4, -0.2) is 7.11 Å². The first-order valence-electron chi connectivity index (χ1n) is 5.78. The van der Waals surface area contributed by atoms with Crippen LogP contribution in [0.3, 0.4) is 0 Å². The maximum absolute atomic E-state index is 6.14. The zero-order valence-corrected chi connectivity index (χ0v) is 10.8. The van der Waals surface area contributed by atoms with Gasteiger partial charge in [0.1, 0.15) is 5.75 Å². The Bertz CT molecular complexity index is 328. The van der Waals surface area contributed by atoms with Gasteiger partial charge in [-0.05, 0) is 24.6 Å². The lowest BCUT2D eigenvalue weighted by atomic mass is 10.0. The van der Waals surface area contributed by atoms with E-state index in [1.807, 2.05) is 18.2 Å². The summed E-state index contributed by atoms with van der Waals surface area (Å²) >= 11 is 5.97. The molecule has 0 bridgehead atoms. The van der Waals surface area contributed by atoms with Gasteiger partial charge in [0.05, 0.1) is 7.11 Å². The van der Waals surface area contributed by atoms with Crippen LogP contribution in [0, 0.1) is 0 Å². The molecule has 3 heteroatoms. The molecule has 2 nitrogen and oxygen atoms in total. The molecule has 16 heavy (non-hydrogen) atoms. The largest absolute Gasteiger partial charge is 0.496 e. The maximum atomic E-state index is 6.14. The van der Waals surface area contributed by atoms with E-state index in [1.165, 1.54) is 12.8 Å². The van der Waals surface area contributed by atoms with E-state index in [2.05, 4.69) is 6.92 Å². The van der Waals surface area contributed by atoms with Crippen molar-refractivity contribution in [2.75, 3.05) is 7.11 Å². The normalized spacial score (nSPS) is 12.5. The fourth-order valence-corrected chi connectivity index (χ4v) is 1.95. The van der Waals surface area contributed by atoms with Gasteiger partial charge >= 0.3 is 0 Å². The minimum absolute atomic E-state index is 0.0141. The highest BCUT2D eigenvalue weighted by Gasteiger charge is 2.11. The zero-order chi connectivity index (χ0) is 12.0.